The van der Waals surface area contributed by atoms with Crippen LogP contribution in [0.5, 0.6) is 0 Å². The topological polar surface area (TPSA) is 63.3 Å². The van der Waals surface area contributed by atoms with Crippen LogP contribution < -0.4 is 5.73 Å². The molecule has 0 heterocycles. The van der Waals surface area contributed by atoms with E-state index in [1.165, 1.54) is 12.1 Å². The number of hydrogen-bond acceptors (Lipinski definition) is 2. The Hall–Kier alpha value is -1.31. The van der Waals surface area contributed by atoms with Gasteiger partial charge in [-0.3, -0.25) is 0 Å². The third-order valence-corrected chi connectivity index (χ3v) is 2.36. The van der Waals surface area contributed by atoms with Crippen molar-refractivity contribution in [2.45, 2.75) is 6.42 Å². The van der Waals surface area contributed by atoms with Crippen molar-refractivity contribution in [3.63, 3.8) is 0 Å². The van der Waals surface area contributed by atoms with E-state index in [2.05, 4.69) is 27.8 Å². The van der Waals surface area contributed by atoms with E-state index in [-0.39, 0.29) is 5.56 Å². The van der Waals surface area contributed by atoms with Crippen LogP contribution in [0.1, 0.15) is 22.3 Å². The lowest BCUT2D eigenvalue weighted by Gasteiger charge is -1.98. The fraction of sp³-hybridized carbons (Fsp3) is 0.182. The van der Waals surface area contributed by atoms with Gasteiger partial charge in [0.1, 0.15) is 0 Å². The lowest BCUT2D eigenvalue weighted by Crippen LogP contribution is -1.97. The molecule has 1 rings (SSSR count). The van der Waals surface area contributed by atoms with Gasteiger partial charge in [-0.2, -0.15) is 0 Å². The zero-order valence-electron chi connectivity index (χ0n) is 7.96. The van der Waals surface area contributed by atoms with Gasteiger partial charge in [-0.05, 0) is 34.1 Å². The molecule has 0 unspecified atom stereocenters. The van der Waals surface area contributed by atoms with Gasteiger partial charge in [0.05, 0.1) is 5.56 Å². The fourth-order valence-electron chi connectivity index (χ4n) is 0.979. The van der Waals surface area contributed by atoms with Crippen LogP contribution in [-0.2, 0) is 0 Å². The smallest absolute Gasteiger partial charge is 0.335 e. The highest BCUT2D eigenvalue weighted by Crippen LogP contribution is 2.17. The first-order valence-electron chi connectivity index (χ1n) is 4.37. The summed E-state index contributed by atoms with van der Waals surface area (Å²) in [6, 6.07) is 4.74. The second kappa shape index (κ2) is 5.54. The molecule has 3 N–H and O–H groups in total. The van der Waals surface area contributed by atoms with E-state index in [1.54, 1.807) is 6.07 Å². The number of carboxylic acid groups (broad SMARTS) is 1. The second-order valence-corrected chi connectivity index (χ2v) is 3.69. The van der Waals surface area contributed by atoms with Crippen LogP contribution in [0, 0.1) is 11.8 Å². The summed E-state index contributed by atoms with van der Waals surface area (Å²) in [5.41, 5.74) is 6.32. The first-order valence-corrected chi connectivity index (χ1v) is 5.16. The Kier molecular flexibility index (Phi) is 4.35. The van der Waals surface area contributed by atoms with E-state index < -0.39 is 5.97 Å². The van der Waals surface area contributed by atoms with E-state index in [4.69, 9.17) is 10.8 Å². The molecule has 3 nitrogen and oxygen atoms in total. The molecule has 0 radical (unpaired) electrons. The largest absolute Gasteiger partial charge is 0.478 e. The number of benzene rings is 1. The van der Waals surface area contributed by atoms with Gasteiger partial charge < -0.3 is 10.8 Å². The Balaban J connectivity index is 2.95. The maximum absolute atomic E-state index is 10.7. The summed E-state index contributed by atoms with van der Waals surface area (Å²) in [6.45, 7) is 0.526. The number of halogens is 1. The molecular weight excluding hydrogens is 258 g/mol. The standard InChI is InChI=1S/C11H10BrNO2/c12-10-7-9(11(14)15)5-4-8(10)3-1-2-6-13/h4-5,7H,2,6,13H2,(H,14,15). The third-order valence-electron chi connectivity index (χ3n) is 1.71. The highest BCUT2D eigenvalue weighted by Gasteiger charge is 2.04. The van der Waals surface area contributed by atoms with Crippen molar-refractivity contribution in [2.24, 2.45) is 5.73 Å². The minimum Gasteiger partial charge on any atom is -0.478 e. The molecule has 0 spiro atoms. The van der Waals surface area contributed by atoms with Crippen LogP contribution in [0.2, 0.25) is 0 Å². The molecule has 0 saturated heterocycles. The van der Waals surface area contributed by atoms with Gasteiger partial charge >= 0.3 is 5.97 Å². The van der Waals surface area contributed by atoms with Crippen molar-refractivity contribution in [1.82, 2.24) is 0 Å². The van der Waals surface area contributed by atoms with Gasteiger partial charge in [-0.15, -0.1) is 0 Å². The molecule has 0 atom stereocenters. The van der Waals surface area contributed by atoms with E-state index in [9.17, 15) is 4.79 Å². The van der Waals surface area contributed by atoms with Crippen LogP contribution >= 0.6 is 15.9 Å². The predicted octanol–water partition coefficient (Wildman–Crippen LogP) is 1.85. The van der Waals surface area contributed by atoms with Gasteiger partial charge in [-0.25, -0.2) is 4.79 Å². The van der Waals surface area contributed by atoms with Crippen LogP contribution in [-0.4, -0.2) is 17.6 Å². The average molecular weight is 268 g/mol. The molecular formula is C11H10BrNO2. The van der Waals surface area contributed by atoms with Gasteiger partial charge in [0.2, 0.25) is 0 Å². The van der Waals surface area contributed by atoms with Gasteiger partial charge in [0, 0.05) is 23.0 Å². The van der Waals surface area contributed by atoms with E-state index >= 15 is 0 Å². The maximum atomic E-state index is 10.7. The molecule has 0 aromatic heterocycles. The van der Waals surface area contributed by atoms with Crippen molar-refractivity contribution < 1.29 is 9.90 Å². The number of carbonyl (C=O) groups is 1. The molecule has 0 saturated carbocycles. The van der Waals surface area contributed by atoms with Crippen LogP contribution in [0.3, 0.4) is 0 Å². The first-order chi connectivity index (χ1) is 7.15. The van der Waals surface area contributed by atoms with E-state index in [0.717, 1.165) is 5.56 Å². The Morgan fingerprint density at radius 3 is 2.80 bits per heavy atom. The summed E-state index contributed by atoms with van der Waals surface area (Å²) in [7, 11) is 0. The quantitative estimate of drug-likeness (QED) is 0.804. The maximum Gasteiger partial charge on any atom is 0.335 e. The zero-order chi connectivity index (χ0) is 11.3. The first kappa shape index (κ1) is 11.8. The zero-order valence-corrected chi connectivity index (χ0v) is 9.54. The fourth-order valence-corrected chi connectivity index (χ4v) is 1.46. The summed E-state index contributed by atoms with van der Waals surface area (Å²) in [5.74, 6) is 4.85. The number of carboxylic acids is 1. The van der Waals surface area contributed by atoms with Crippen LogP contribution in [0.15, 0.2) is 22.7 Å². The number of hydrogen-bond donors (Lipinski definition) is 2. The Morgan fingerprint density at radius 1 is 1.53 bits per heavy atom. The minimum absolute atomic E-state index is 0.242. The number of rotatable bonds is 2. The van der Waals surface area contributed by atoms with Crippen molar-refractivity contribution >= 4 is 21.9 Å². The van der Waals surface area contributed by atoms with Crippen molar-refractivity contribution in [1.29, 1.82) is 0 Å². The van der Waals surface area contributed by atoms with Crippen molar-refractivity contribution in [3.8, 4) is 11.8 Å². The Bertz CT molecular complexity index is 432. The normalized spacial score (nSPS) is 9.20. The highest BCUT2D eigenvalue weighted by molar-refractivity contribution is 9.10. The van der Waals surface area contributed by atoms with Crippen molar-refractivity contribution in [3.05, 3.63) is 33.8 Å². The minimum atomic E-state index is -0.947. The summed E-state index contributed by atoms with van der Waals surface area (Å²) >= 11 is 3.27. The van der Waals surface area contributed by atoms with Gasteiger partial charge in [0.25, 0.3) is 0 Å². The molecule has 0 aliphatic heterocycles. The molecule has 1 aromatic rings. The Labute approximate surface area is 96.4 Å². The molecule has 0 aliphatic carbocycles. The van der Waals surface area contributed by atoms with Gasteiger partial charge in [0.15, 0.2) is 0 Å². The van der Waals surface area contributed by atoms with E-state index in [0.29, 0.717) is 17.4 Å². The summed E-state index contributed by atoms with van der Waals surface area (Å²) < 4.78 is 0.687. The van der Waals surface area contributed by atoms with Crippen molar-refractivity contribution in [2.75, 3.05) is 6.54 Å². The Morgan fingerprint density at radius 2 is 2.27 bits per heavy atom. The average Bonchev–Trinajstić information content (AvgIpc) is 2.20. The molecule has 0 fully saturated rings. The molecule has 78 valence electrons. The summed E-state index contributed by atoms with van der Waals surface area (Å²) in [6.07, 6.45) is 0.632. The SMILES string of the molecule is NCCC#Cc1ccc(C(=O)O)cc1Br. The molecule has 4 heteroatoms. The third kappa shape index (κ3) is 3.39. The highest BCUT2D eigenvalue weighted by atomic mass is 79.9. The molecule has 0 bridgehead atoms. The number of nitrogens with two attached hydrogens (primary N) is 1. The molecule has 0 aliphatic rings. The van der Waals surface area contributed by atoms with Crippen LogP contribution in [0.4, 0.5) is 0 Å². The lowest BCUT2D eigenvalue weighted by molar-refractivity contribution is 0.0697. The summed E-state index contributed by atoms with van der Waals surface area (Å²) in [4.78, 5) is 10.7. The molecule has 0 amide bonds. The second-order valence-electron chi connectivity index (χ2n) is 2.84. The number of aromatic carboxylic acids is 1. The predicted molar refractivity (Wildman–Crippen MR) is 61.7 cm³/mol. The molecule has 15 heavy (non-hydrogen) atoms. The monoisotopic (exact) mass is 267 g/mol. The van der Waals surface area contributed by atoms with E-state index in [1.807, 2.05) is 0 Å². The molecule has 1 aromatic carbocycles. The van der Waals surface area contributed by atoms with Crippen LogP contribution in [0.25, 0.3) is 0 Å². The van der Waals surface area contributed by atoms with Gasteiger partial charge in [-0.1, -0.05) is 11.8 Å². The lowest BCUT2D eigenvalue weighted by atomic mass is 10.1. The summed E-state index contributed by atoms with van der Waals surface area (Å²) in [5, 5.41) is 8.74.